The minimum Gasteiger partial charge on any atom is -0.494 e. The zero-order valence-electron chi connectivity index (χ0n) is 11.1. The first-order valence-electron chi connectivity index (χ1n) is 6.29. The Hall–Kier alpha value is -2.08. The van der Waals surface area contributed by atoms with Gasteiger partial charge in [-0.1, -0.05) is 29.5 Å². The molecule has 1 aromatic heterocycles. The maximum absolute atomic E-state index is 10.9. The first-order chi connectivity index (χ1) is 9.66. The predicted octanol–water partition coefficient (Wildman–Crippen LogP) is 3.03. The van der Waals surface area contributed by atoms with Crippen LogP contribution in [0.4, 0.5) is 5.13 Å². The first-order valence-corrected chi connectivity index (χ1v) is 7.11. The van der Waals surface area contributed by atoms with Gasteiger partial charge in [0.15, 0.2) is 5.13 Å². The average molecular weight is 292 g/mol. The van der Waals surface area contributed by atoms with Crippen molar-refractivity contribution in [3.05, 3.63) is 40.9 Å². The highest BCUT2D eigenvalue weighted by molar-refractivity contribution is 7.17. The molecular formula is C14H16N2O3S. The molecule has 2 N–H and O–H groups in total. The van der Waals surface area contributed by atoms with Gasteiger partial charge in [-0.2, -0.15) is 0 Å². The van der Waals surface area contributed by atoms with E-state index in [9.17, 15) is 4.79 Å². The number of nitrogens with one attached hydrogen (secondary N) is 1. The summed E-state index contributed by atoms with van der Waals surface area (Å²) in [5, 5.41) is 12.7. The molecule has 0 amide bonds. The number of para-hydroxylation sites is 1. The highest BCUT2D eigenvalue weighted by Crippen LogP contribution is 2.22. The summed E-state index contributed by atoms with van der Waals surface area (Å²) in [5.41, 5.74) is 0.547. The van der Waals surface area contributed by atoms with Crippen molar-refractivity contribution >= 4 is 22.4 Å². The fraction of sp³-hybridized carbons (Fsp3) is 0.286. The molecule has 0 fully saturated rings. The number of thiazole rings is 1. The molecule has 2 aromatic rings. The maximum Gasteiger partial charge on any atom is 0.347 e. The Bertz CT molecular complexity index is 569. The first kappa shape index (κ1) is 14.3. The lowest BCUT2D eigenvalue weighted by molar-refractivity contribution is 0.0701. The van der Waals surface area contributed by atoms with Crippen molar-refractivity contribution in [2.75, 3.05) is 18.5 Å². The molecule has 0 spiro atoms. The second-order valence-corrected chi connectivity index (χ2v) is 5.18. The van der Waals surface area contributed by atoms with Crippen molar-refractivity contribution in [3.8, 4) is 5.75 Å². The lowest BCUT2D eigenvalue weighted by atomic mass is 10.3. The van der Waals surface area contributed by atoms with Crippen LogP contribution >= 0.6 is 11.3 Å². The van der Waals surface area contributed by atoms with Gasteiger partial charge in [0.2, 0.25) is 0 Å². The fourth-order valence-corrected chi connectivity index (χ4v) is 2.48. The molecule has 0 saturated heterocycles. The van der Waals surface area contributed by atoms with Crippen LogP contribution in [0.25, 0.3) is 0 Å². The predicted molar refractivity (Wildman–Crippen MR) is 78.9 cm³/mol. The van der Waals surface area contributed by atoms with E-state index in [2.05, 4.69) is 10.3 Å². The highest BCUT2D eigenvalue weighted by Gasteiger charge is 2.13. The minimum atomic E-state index is -0.930. The number of hydrogen-bond donors (Lipinski definition) is 2. The van der Waals surface area contributed by atoms with Gasteiger partial charge >= 0.3 is 5.97 Å². The molecule has 1 aromatic carbocycles. The van der Waals surface area contributed by atoms with Crippen LogP contribution in [0.1, 0.15) is 21.8 Å². The summed E-state index contributed by atoms with van der Waals surface area (Å²) in [6.07, 6.45) is 0.815. The smallest absolute Gasteiger partial charge is 0.347 e. The third-order valence-corrected chi connectivity index (χ3v) is 3.70. The summed E-state index contributed by atoms with van der Waals surface area (Å²) in [6, 6.07) is 9.63. The maximum atomic E-state index is 10.9. The van der Waals surface area contributed by atoms with Crippen LogP contribution in [0.2, 0.25) is 0 Å². The van der Waals surface area contributed by atoms with E-state index in [-0.39, 0.29) is 4.88 Å². The van der Waals surface area contributed by atoms with Gasteiger partial charge in [-0.25, -0.2) is 9.78 Å². The number of carboxylic acids is 1. The van der Waals surface area contributed by atoms with Gasteiger partial charge in [-0.15, -0.1) is 0 Å². The van der Waals surface area contributed by atoms with Gasteiger partial charge in [0.25, 0.3) is 0 Å². The van der Waals surface area contributed by atoms with Crippen molar-refractivity contribution in [3.63, 3.8) is 0 Å². The van der Waals surface area contributed by atoms with E-state index in [0.717, 1.165) is 23.5 Å². The molecule has 0 radical (unpaired) electrons. The third kappa shape index (κ3) is 3.96. The summed E-state index contributed by atoms with van der Waals surface area (Å²) < 4.78 is 5.56. The van der Waals surface area contributed by atoms with Crippen LogP contribution < -0.4 is 10.1 Å². The zero-order valence-corrected chi connectivity index (χ0v) is 11.9. The number of carboxylic acid groups (broad SMARTS) is 1. The molecule has 0 aliphatic rings. The standard InChI is InChI=1S/C14H16N2O3S/c1-10-12(13(17)18)20-14(16-10)15-8-5-9-19-11-6-3-2-4-7-11/h2-4,6-7H,5,8-9H2,1H3,(H,15,16)(H,17,18). The van der Waals surface area contributed by atoms with E-state index >= 15 is 0 Å². The number of aromatic nitrogens is 1. The molecule has 0 aliphatic heterocycles. The van der Waals surface area contributed by atoms with Crippen LogP contribution in [0.15, 0.2) is 30.3 Å². The number of rotatable bonds is 7. The summed E-state index contributed by atoms with van der Waals surface area (Å²) in [7, 11) is 0. The monoisotopic (exact) mass is 292 g/mol. The van der Waals surface area contributed by atoms with E-state index in [1.54, 1.807) is 6.92 Å². The third-order valence-electron chi connectivity index (χ3n) is 2.60. The number of anilines is 1. The molecule has 0 unspecified atom stereocenters. The molecule has 5 nitrogen and oxygen atoms in total. The van der Waals surface area contributed by atoms with E-state index < -0.39 is 5.97 Å². The molecular weight excluding hydrogens is 276 g/mol. The second-order valence-electron chi connectivity index (χ2n) is 4.18. The number of aromatic carboxylic acids is 1. The van der Waals surface area contributed by atoms with Crippen LogP contribution in [-0.4, -0.2) is 29.2 Å². The number of carbonyl (C=O) groups is 1. The van der Waals surface area contributed by atoms with Gasteiger partial charge in [0.1, 0.15) is 10.6 Å². The highest BCUT2D eigenvalue weighted by atomic mass is 32.1. The van der Waals surface area contributed by atoms with E-state index in [4.69, 9.17) is 9.84 Å². The van der Waals surface area contributed by atoms with Gasteiger partial charge < -0.3 is 15.2 Å². The van der Waals surface area contributed by atoms with Crippen LogP contribution in [0.5, 0.6) is 5.75 Å². The molecule has 0 bridgehead atoms. The normalized spacial score (nSPS) is 10.2. The Morgan fingerprint density at radius 3 is 2.80 bits per heavy atom. The van der Waals surface area contributed by atoms with Gasteiger partial charge in [0, 0.05) is 6.54 Å². The van der Waals surface area contributed by atoms with Crippen LogP contribution in [0.3, 0.4) is 0 Å². The van der Waals surface area contributed by atoms with Crippen molar-refractivity contribution in [1.82, 2.24) is 4.98 Å². The largest absolute Gasteiger partial charge is 0.494 e. The van der Waals surface area contributed by atoms with Crippen molar-refractivity contribution in [2.45, 2.75) is 13.3 Å². The van der Waals surface area contributed by atoms with E-state index in [1.165, 1.54) is 0 Å². The molecule has 2 rings (SSSR count). The van der Waals surface area contributed by atoms with E-state index in [0.29, 0.717) is 24.0 Å². The molecule has 1 heterocycles. The Labute approximate surface area is 121 Å². The Balaban J connectivity index is 1.71. The lowest BCUT2D eigenvalue weighted by Crippen LogP contribution is -2.07. The van der Waals surface area contributed by atoms with Gasteiger partial charge in [0.05, 0.1) is 12.3 Å². The number of benzene rings is 1. The molecule has 106 valence electrons. The number of hydrogen-bond acceptors (Lipinski definition) is 5. The topological polar surface area (TPSA) is 71.5 Å². The average Bonchev–Trinajstić information content (AvgIpc) is 2.81. The number of aryl methyl sites for hydroxylation is 1. The van der Waals surface area contributed by atoms with Gasteiger partial charge in [-0.3, -0.25) is 0 Å². The Morgan fingerprint density at radius 2 is 2.15 bits per heavy atom. The lowest BCUT2D eigenvalue weighted by Gasteiger charge is -2.06. The van der Waals surface area contributed by atoms with Crippen molar-refractivity contribution in [1.29, 1.82) is 0 Å². The van der Waals surface area contributed by atoms with Gasteiger partial charge in [-0.05, 0) is 25.5 Å². The zero-order chi connectivity index (χ0) is 14.4. The SMILES string of the molecule is Cc1nc(NCCCOc2ccccc2)sc1C(=O)O. The summed E-state index contributed by atoms with van der Waals surface area (Å²) >= 11 is 1.16. The quantitative estimate of drug-likeness (QED) is 0.767. The minimum absolute atomic E-state index is 0.285. The van der Waals surface area contributed by atoms with E-state index in [1.807, 2.05) is 30.3 Å². The Morgan fingerprint density at radius 1 is 1.40 bits per heavy atom. The van der Waals surface area contributed by atoms with Crippen LogP contribution in [-0.2, 0) is 0 Å². The summed E-state index contributed by atoms with van der Waals surface area (Å²) in [6.45, 7) is 3.00. The molecule has 6 heteroatoms. The van der Waals surface area contributed by atoms with Crippen LogP contribution in [0, 0.1) is 6.92 Å². The summed E-state index contributed by atoms with van der Waals surface area (Å²) in [4.78, 5) is 15.3. The molecule has 20 heavy (non-hydrogen) atoms. The molecule has 0 atom stereocenters. The second kappa shape index (κ2) is 6.91. The number of ether oxygens (including phenoxy) is 1. The molecule has 0 aliphatic carbocycles. The molecule has 0 saturated carbocycles. The Kier molecular flexibility index (Phi) is 4.95. The summed E-state index contributed by atoms with van der Waals surface area (Å²) in [5.74, 6) is -0.0776. The fourth-order valence-electron chi connectivity index (χ4n) is 1.64. The number of nitrogens with zero attached hydrogens (tertiary/aromatic N) is 1. The van der Waals surface area contributed by atoms with Crippen molar-refractivity contribution in [2.24, 2.45) is 0 Å². The van der Waals surface area contributed by atoms with Crippen molar-refractivity contribution < 1.29 is 14.6 Å².